The first kappa shape index (κ1) is 12.3. The summed E-state index contributed by atoms with van der Waals surface area (Å²) in [6.07, 6.45) is 3.91. The molecule has 0 aromatic carbocycles. The normalized spacial score (nSPS) is 19.5. The minimum absolute atomic E-state index is 0.0160. The van der Waals surface area contributed by atoms with Crippen molar-refractivity contribution in [3.8, 4) is 0 Å². The van der Waals surface area contributed by atoms with Gasteiger partial charge in [-0.3, -0.25) is 4.68 Å². The maximum atomic E-state index is 4.40. The topological polar surface area (TPSA) is 60.6 Å². The van der Waals surface area contributed by atoms with Crippen LogP contribution in [0.15, 0.2) is 12.4 Å². The molecule has 3 rings (SSSR count). The van der Waals surface area contributed by atoms with Gasteiger partial charge in [-0.1, -0.05) is 20.8 Å². The van der Waals surface area contributed by atoms with Gasteiger partial charge in [0.2, 0.25) is 0 Å². The summed E-state index contributed by atoms with van der Waals surface area (Å²) in [7, 11) is 1.93. The summed E-state index contributed by atoms with van der Waals surface area (Å²) >= 11 is 0. The van der Waals surface area contributed by atoms with E-state index in [2.05, 4.69) is 46.0 Å². The van der Waals surface area contributed by atoms with Gasteiger partial charge in [0.05, 0.1) is 12.2 Å². The van der Waals surface area contributed by atoms with Crippen molar-refractivity contribution < 1.29 is 0 Å². The molecule has 1 aliphatic rings. The minimum atomic E-state index is 0.0160. The number of hydrogen-bond acceptors (Lipinski definition) is 4. The standard InChI is InChI=1S/C13H20N6/c1-13(2,3)12-17-16-11-10(14-5-6-19(11)12)9-7-15-18(4)8-9/h7-8,10,14H,5-6H2,1-4H3. The fourth-order valence-electron chi connectivity index (χ4n) is 2.57. The molecule has 0 spiro atoms. The van der Waals surface area contributed by atoms with E-state index in [1.54, 1.807) is 0 Å². The quantitative estimate of drug-likeness (QED) is 0.831. The van der Waals surface area contributed by atoms with Gasteiger partial charge in [0.25, 0.3) is 0 Å². The summed E-state index contributed by atoms with van der Waals surface area (Å²) in [5, 5.41) is 16.5. The third-order valence-electron chi connectivity index (χ3n) is 3.45. The van der Waals surface area contributed by atoms with Crippen LogP contribution < -0.4 is 5.32 Å². The SMILES string of the molecule is Cn1cc(C2NCCn3c2nnc3C(C)(C)C)cn1. The lowest BCUT2D eigenvalue weighted by Crippen LogP contribution is -2.36. The molecule has 3 heterocycles. The summed E-state index contributed by atoms with van der Waals surface area (Å²) in [4.78, 5) is 0. The average Bonchev–Trinajstić information content (AvgIpc) is 2.93. The summed E-state index contributed by atoms with van der Waals surface area (Å²) in [6, 6.07) is 0.0889. The van der Waals surface area contributed by atoms with Crippen molar-refractivity contribution in [2.75, 3.05) is 6.54 Å². The molecule has 1 N–H and O–H groups in total. The average molecular weight is 260 g/mol. The van der Waals surface area contributed by atoms with E-state index in [4.69, 9.17) is 0 Å². The second-order valence-electron chi connectivity index (χ2n) is 6.12. The number of rotatable bonds is 1. The molecule has 0 bridgehead atoms. The molecule has 1 aliphatic heterocycles. The Hall–Kier alpha value is -1.69. The summed E-state index contributed by atoms with van der Waals surface area (Å²) in [5.41, 5.74) is 1.15. The molecule has 0 saturated heterocycles. The van der Waals surface area contributed by atoms with Gasteiger partial charge in [0.15, 0.2) is 5.82 Å². The molecule has 6 nitrogen and oxygen atoms in total. The van der Waals surface area contributed by atoms with E-state index in [-0.39, 0.29) is 11.5 Å². The van der Waals surface area contributed by atoms with E-state index in [0.29, 0.717) is 0 Å². The molecule has 1 unspecified atom stereocenters. The third-order valence-corrected chi connectivity index (χ3v) is 3.45. The molecule has 0 aliphatic carbocycles. The molecular weight excluding hydrogens is 240 g/mol. The van der Waals surface area contributed by atoms with Crippen LogP contribution >= 0.6 is 0 Å². The Labute approximate surface area is 112 Å². The molecule has 0 amide bonds. The molecule has 0 radical (unpaired) electrons. The van der Waals surface area contributed by atoms with Gasteiger partial charge in [0.1, 0.15) is 5.82 Å². The molecule has 2 aromatic heterocycles. The van der Waals surface area contributed by atoms with Crippen molar-refractivity contribution in [2.45, 2.75) is 38.8 Å². The Morgan fingerprint density at radius 1 is 1.32 bits per heavy atom. The molecule has 102 valence electrons. The summed E-state index contributed by atoms with van der Waals surface area (Å²) < 4.78 is 4.06. The highest BCUT2D eigenvalue weighted by Gasteiger charge is 2.30. The van der Waals surface area contributed by atoms with E-state index >= 15 is 0 Å². The number of aromatic nitrogens is 5. The molecular formula is C13H20N6. The third kappa shape index (κ3) is 2.06. The fraction of sp³-hybridized carbons (Fsp3) is 0.615. The fourth-order valence-corrected chi connectivity index (χ4v) is 2.57. The number of fused-ring (bicyclic) bond motifs is 1. The van der Waals surface area contributed by atoms with Gasteiger partial charge in [-0.25, -0.2) is 0 Å². The number of nitrogens with zero attached hydrogens (tertiary/aromatic N) is 5. The van der Waals surface area contributed by atoms with Gasteiger partial charge >= 0.3 is 0 Å². The Bertz CT molecular complexity index is 589. The van der Waals surface area contributed by atoms with E-state index in [0.717, 1.165) is 30.3 Å². The minimum Gasteiger partial charge on any atom is -0.312 e. The Kier molecular flexibility index (Phi) is 2.70. The van der Waals surface area contributed by atoms with Crippen molar-refractivity contribution in [3.05, 3.63) is 29.6 Å². The van der Waals surface area contributed by atoms with Crippen LogP contribution in [-0.4, -0.2) is 31.1 Å². The molecule has 0 saturated carbocycles. The van der Waals surface area contributed by atoms with Crippen LogP contribution in [0.4, 0.5) is 0 Å². The highest BCUT2D eigenvalue weighted by Crippen LogP contribution is 2.28. The maximum Gasteiger partial charge on any atom is 0.154 e. The highest BCUT2D eigenvalue weighted by atomic mass is 15.3. The maximum absolute atomic E-state index is 4.40. The Morgan fingerprint density at radius 3 is 2.74 bits per heavy atom. The second-order valence-corrected chi connectivity index (χ2v) is 6.12. The largest absolute Gasteiger partial charge is 0.312 e. The zero-order chi connectivity index (χ0) is 13.6. The first-order valence-electron chi connectivity index (χ1n) is 6.62. The molecule has 1 atom stereocenters. The van der Waals surface area contributed by atoms with Crippen molar-refractivity contribution in [3.63, 3.8) is 0 Å². The van der Waals surface area contributed by atoms with Crippen LogP contribution in [-0.2, 0) is 19.0 Å². The molecule has 19 heavy (non-hydrogen) atoms. The summed E-state index contributed by atoms with van der Waals surface area (Å²) in [5.74, 6) is 2.04. The van der Waals surface area contributed by atoms with Crippen LogP contribution in [0.3, 0.4) is 0 Å². The van der Waals surface area contributed by atoms with Crippen molar-refractivity contribution in [2.24, 2.45) is 7.05 Å². The van der Waals surface area contributed by atoms with Crippen molar-refractivity contribution in [1.82, 2.24) is 29.9 Å². The van der Waals surface area contributed by atoms with E-state index in [1.165, 1.54) is 0 Å². The Morgan fingerprint density at radius 2 is 2.11 bits per heavy atom. The van der Waals surface area contributed by atoms with Crippen LogP contribution in [0.1, 0.15) is 44.0 Å². The second kappa shape index (κ2) is 4.16. The van der Waals surface area contributed by atoms with Crippen LogP contribution in [0.25, 0.3) is 0 Å². The van der Waals surface area contributed by atoms with Crippen LogP contribution in [0.2, 0.25) is 0 Å². The monoisotopic (exact) mass is 260 g/mol. The van der Waals surface area contributed by atoms with E-state index in [1.807, 2.05) is 24.1 Å². The van der Waals surface area contributed by atoms with Gasteiger partial charge in [-0.05, 0) is 0 Å². The molecule has 6 heteroatoms. The first-order valence-corrected chi connectivity index (χ1v) is 6.62. The smallest absolute Gasteiger partial charge is 0.154 e. The number of hydrogen-bond donors (Lipinski definition) is 1. The van der Waals surface area contributed by atoms with Crippen molar-refractivity contribution in [1.29, 1.82) is 0 Å². The van der Waals surface area contributed by atoms with Crippen LogP contribution in [0, 0.1) is 0 Å². The van der Waals surface area contributed by atoms with Gasteiger partial charge < -0.3 is 9.88 Å². The predicted molar refractivity (Wildman–Crippen MR) is 71.8 cm³/mol. The van der Waals surface area contributed by atoms with Crippen molar-refractivity contribution >= 4 is 0 Å². The van der Waals surface area contributed by atoms with Gasteiger partial charge in [-0.2, -0.15) is 5.10 Å². The predicted octanol–water partition coefficient (Wildman–Crippen LogP) is 1.00. The number of aryl methyl sites for hydroxylation is 1. The van der Waals surface area contributed by atoms with Gasteiger partial charge in [-0.15, -0.1) is 10.2 Å². The van der Waals surface area contributed by atoms with E-state index in [9.17, 15) is 0 Å². The highest BCUT2D eigenvalue weighted by molar-refractivity contribution is 5.23. The number of nitrogens with one attached hydrogen (secondary N) is 1. The van der Waals surface area contributed by atoms with Crippen LogP contribution in [0.5, 0.6) is 0 Å². The lowest BCUT2D eigenvalue weighted by molar-refractivity contribution is 0.420. The lowest BCUT2D eigenvalue weighted by atomic mass is 9.95. The summed E-state index contributed by atoms with van der Waals surface area (Å²) in [6.45, 7) is 8.36. The van der Waals surface area contributed by atoms with Gasteiger partial charge in [0, 0.05) is 37.3 Å². The van der Waals surface area contributed by atoms with E-state index < -0.39 is 0 Å². The molecule has 0 fully saturated rings. The molecule has 2 aromatic rings. The first-order chi connectivity index (χ1) is 8.97. The lowest BCUT2D eigenvalue weighted by Gasteiger charge is -2.27. The Balaban J connectivity index is 2.04. The zero-order valence-corrected chi connectivity index (χ0v) is 11.9. The zero-order valence-electron chi connectivity index (χ0n) is 11.9.